The minimum Gasteiger partial charge on any atom is -0.444 e. The number of rotatable bonds is 11. The molecule has 4 rings (SSSR count). The Kier molecular flexibility index (Phi) is 10.4. The van der Waals surface area contributed by atoms with E-state index in [1.807, 2.05) is 36.2 Å². The van der Waals surface area contributed by atoms with E-state index in [9.17, 15) is 14.4 Å². The summed E-state index contributed by atoms with van der Waals surface area (Å²) in [5.41, 5.74) is 2.74. The van der Waals surface area contributed by atoms with Crippen molar-refractivity contribution >= 4 is 23.6 Å². The van der Waals surface area contributed by atoms with Crippen molar-refractivity contribution in [3.63, 3.8) is 0 Å². The quantitative estimate of drug-likeness (QED) is 0.337. The Bertz CT molecular complexity index is 1510. The van der Waals surface area contributed by atoms with Crippen molar-refractivity contribution in [1.82, 2.24) is 30.4 Å². The Labute approximate surface area is 263 Å². The normalized spacial score (nSPS) is 12.9. The molecule has 1 aliphatic rings. The van der Waals surface area contributed by atoms with Crippen LogP contribution in [0.1, 0.15) is 50.3 Å². The van der Waals surface area contributed by atoms with Crippen molar-refractivity contribution in [1.29, 1.82) is 0 Å². The summed E-state index contributed by atoms with van der Waals surface area (Å²) in [6, 6.07) is 10.9. The molecule has 0 fully saturated rings. The van der Waals surface area contributed by atoms with Crippen molar-refractivity contribution in [2.75, 3.05) is 44.7 Å². The molecule has 2 aromatic carbocycles. The standard InChI is InChI=1S/C32H42FN7O5/c1-8-38(31(43)44-32(4,5)6)14-13-34-28(41)19-39(20-29(42)37(7)40-17-23-11-9-10-12-24(23)18-40)27-16-25(26(33)15-21(27)2)30-35-22(3)45-36-30/h9-12,15-16H,8,13-14,17-20H2,1-7H3,(H,34,41). The number of amides is 3. The number of anilines is 1. The lowest BCUT2D eigenvalue weighted by atomic mass is 10.1. The molecule has 3 aromatic rings. The third kappa shape index (κ3) is 8.56. The maximum absolute atomic E-state index is 15.1. The Hall–Kier alpha value is -4.52. The first-order valence-electron chi connectivity index (χ1n) is 14.9. The summed E-state index contributed by atoms with van der Waals surface area (Å²) in [7, 11) is 1.70. The van der Waals surface area contributed by atoms with Crippen LogP contribution in [0.3, 0.4) is 0 Å². The average Bonchev–Trinajstić information content (AvgIpc) is 3.60. The van der Waals surface area contributed by atoms with Gasteiger partial charge in [0.25, 0.3) is 5.91 Å². The number of ether oxygens (including phenoxy) is 1. The van der Waals surface area contributed by atoms with Crippen LogP contribution in [0.5, 0.6) is 0 Å². The van der Waals surface area contributed by atoms with Crippen LogP contribution >= 0.6 is 0 Å². The van der Waals surface area contributed by atoms with Gasteiger partial charge in [0.1, 0.15) is 11.4 Å². The van der Waals surface area contributed by atoms with E-state index in [1.54, 1.807) is 51.6 Å². The summed E-state index contributed by atoms with van der Waals surface area (Å²) in [5, 5.41) is 10.2. The summed E-state index contributed by atoms with van der Waals surface area (Å²) >= 11 is 0. The summed E-state index contributed by atoms with van der Waals surface area (Å²) in [6.07, 6.45) is -0.468. The van der Waals surface area contributed by atoms with Gasteiger partial charge in [0.2, 0.25) is 17.6 Å². The first-order chi connectivity index (χ1) is 21.3. The molecule has 2 heterocycles. The summed E-state index contributed by atoms with van der Waals surface area (Å²) in [6.45, 7) is 12.1. The predicted molar refractivity (Wildman–Crippen MR) is 166 cm³/mol. The molecule has 0 aliphatic carbocycles. The van der Waals surface area contributed by atoms with Gasteiger partial charge < -0.3 is 24.4 Å². The van der Waals surface area contributed by atoms with Gasteiger partial charge in [-0.25, -0.2) is 14.2 Å². The third-order valence-corrected chi connectivity index (χ3v) is 7.40. The summed E-state index contributed by atoms with van der Waals surface area (Å²) < 4.78 is 25.6. The molecule has 1 aliphatic heterocycles. The van der Waals surface area contributed by atoms with Crippen LogP contribution in [0.4, 0.5) is 14.9 Å². The molecule has 13 heteroatoms. The highest BCUT2D eigenvalue weighted by Gasteiger charge is 2.28. The highest BCUT2D eigenvalue weighted by molar-refractivity contribution is 5.87. The van der Waals surface area contributed by atoms with Crippen LogP contribution in [-0.4, -0.2) is 88.3 Å². The van der Waals surface area contributed by atoms with Crippen LogP contribution in [0.25, 0.3) is 11.4 Å². The number of carbonyl (C=O) groups excluding carboxylic acids is 3. The SMILES string of the molecule is CCN(CCNC(=O)CN(CC(=O)N(C)N1Cc2ccccc2C1)c1cc(-c2noc(C)n2)c(F)cc1C)C(=O)OC(C)(C)C. The zero-order chi connectivity index (χ0) is 32.9. The topological polar surface area (TPSA) is 124 Å². The van der Waals surface area contributed by atoms with E-state index in [0.29, 0.717) is 30.9 Å². The molecule has 0 atom stereocenters. The first-order valence-corrected chi connectivity index (χ1v) is 14.9. The molecular weight excluding hydrogens is 581 g/mol. The van der Waals surface area contributed by atoms with Crippen molar-refractivity contribution in [3.05, 3.63) is 64.8 Å². The lowest BCUT2D eigenvalue weighted by molar-refractivity contribution is -0.145. The van der Waals surface area contributed by atoms with Crippen molar-refractivity contribution in [3.8, 4) is 11.4 Å². The molecule has 3 amide bonds. The summed E-state index contributed by atoms with van der Waals surface area (Å²) in [4.78, 5) is 46.7. The Morgan fingerprint density at radius 2 is 1.76 bits per heavy atom. The number of halogens is 1. The fourth-order valence-electron chi connectivity index (χ4n) is 5.02. The largest absolute Gasteiger partial charge is 0.444 e. The number of nitrogens with zero attached hydrogens (tertiary/aromatic N) is 6. The molecule has 1 aromatic heterocycles. The maximum Gasteiger partial charge on any atom is 0.410 e. The molecule has 12 nitrogen and oxygen atoms in total. The van der Waals surface area contributed by atoms with Crippen LogP contribution in [0.2, 0.25) is 0 Å². The van der Waals surface area contributed by atoms with Gasteiger partial charge in [0, 0.05) is 52.4 Å². The smallest absolute Gasteiger partial charge is 0.410 e. The van der Waals surface area contributed by atoms with E-state index in [-0.39, 0.29) is 55.3 Å². The molecule has 0 spiro atoms. The number of nitrogens with one attached hydrogen (secondary N) is 1. The number of likely N-dealkylation sites (N-methyl/N-ethyl adjacent to an activating group) is 2. The van der Waals surface area contributed by atoms with E-state index in [0.717, 1.165) is 11.1 Å². The van der Waals surface area contributed by atoms with Crippen molar-refractivity contribution < 1.29 is 28.0 Å². The van der Waals surface area contributed by atoms with Gasteiger partial charge in [-0.3, -0.25) is 14.6 Å². The fourth-order valence-corrected chi connectivity index (χ4v) is 5.02. The van der Waals surface area contributed by atoms with Crippen LogP contribution in [-0.2, 0) is 27.4 Å². The van der Waals surface area contributed by atoms with Gasteiger partial charge in [-0.2, -0.15) is 4.98 Å². The van der Waals surface area contributed by atoms with Gasteiger partial charge in [0.15, 0.2) is 0 Å². The van der Waals surface area contributed by atoms with Gasteiger partial charge >= 0.3 is 6.09 Å². The van der Waals surface area contributed by atoms with E-state index >= 15 is 4.39 Å². The van der Waals surface area contributed by atoms with E-state index < -0.39 is 17.5 Å². The Morgan fingerprint density at radius 3 is 2.33 bits per heavy atom. The molecular formula is C32H42FN7O5. The lowest BCUT2D eigenvalue weighted by Gasteiger charge is -2.32. The maximum atomic E-state index is 15.1. The van der Waals surface area contributed by atoms with E-state index in [4.69, 9.17) is 9.26 Å². The average molecular weight is 624 g/mol. The number of fused-ring (bicyclic) bond motifs is 1. The summed E-state index contributed by atoms with van der Waals surface area (Å²) in [5.74, 6) is -0.839. The number of hydrogen-bond donors (Lipinski definition) is 1. The van der Waals surface area contributed by atoms with Crippen molar-refractivity contribution in [2.45, 2.75) is 60.2 Å². The van der Waals surface area contributed by atoms with Crippen LogP contribution in [0, 0.1) is 19.7 Å². The minimum absolute atomic E-state index is 0.0655. The number of hydrazine groups is 1. The molecule has 45 heavy (non-hydrogen) atoms. The van der Waals surface area contributed by atoms with Crippen LogP contribution in [0.15, 0.2) is 40.9 Å². The van der Waals surface area contributed by atoms with Gasteiger partial charge in [0.05, 0.1) is 18.7 Å². The van der Waals surface area contributed by atoms with Crippen molar-refractivity contribution in [2.24, 2.45) is 0 Å². The number of aromatic nitrogens is 2. The van der Waals surface area contributed by atoms with Crippen LogP contribution < -0.4 is 10.2 Å². The number of hydrogen-bond acceptors (Lipinski definition) is 9. The zero-order valence-corrected chi connectivity index (χ0v) is 27.0. The van der Waals surface area contributed by atoms with Gasteiger partial charge in [-0.1, -0.05) is 29.4 Å². The van der Waals surface area contributed by atoms with Gasteiger partial charge in [-0.15, -0.1) is 0 Å². The zero-order valence-electron chi connectivity index (χ0n) is 27.0. The molecule has 242 valence electrons. The molecule has 0 bridgehead atoms. The highest BCUT2D eigenvalue weighted by atomic mass is 19.1. The van der Waals surface area contributed by atoms with Gasteiger partial charge in [-0.05, 0) is 63.4 Å². The number of carbonyl (C=O) groups is 3. The molecule has 0 saturated carbocycles. The van der Waals surface area contributed by atoms with E-state index in [1.165, 1.54) is 17.0 Å². The minimum atomic E-state index is -0.641. The molecule has 0 saturated heterocycles. The lowest BCUT2D eigenvalue weighted by Crippen LogP contribution is -2.48. The molecule has 0 radical (unpaired) electrons. The highest BCUT2D eigenvalue weighted by Crippen LogP contribution is 2.30. The molecule has 1 N–H and O–H groups in total. The number of aryl methyl sites for hydroxylation is 2. The fraction of sp³-hybridized carbons (Fsp3) is 0.469. The monoisotopic (exact) mass is 623 g/mol. The van der Waals surface area contributed by atoms with E-state index in [2.05, 4.69) is 15.5 Å². The predicted octanol–water partition coefficient (Wildman–Crippen LogP) is 4.06. The number of benzene rings is 2. The third-order valence-electron chi connectivity index (χ3n) is 7.40. The second-order valence-corrected chi connectivity index (χ2v) is 12.0. The second-order valence-electron chi connectivity index (χ2n) is 12.0. The first kappa shape index (κ1) is 33.4. The Morgan fingerprint density at radius 1 is 1.09 bits per heavy atom. The molecule has 0 unspecified atom stereocenters. The Balaban J connectivity index is 1.52. The second kappa shape index (κ2) is 14.1.